The molecule has 0 aliphatic carbocycles. The van der Waals surface area contributed by atoms with Crippen LogP contribution in [0.3, 0.4) is 0 Å². The predicted molar refractivity (Wildman–Crippen MR) is 88.1 cm³/mol. The molecule has 1 aromatic heterocycles. The first-order chi connectivity index (χ1) is 11.8. The van der Waals surface area contributed by atoms with Gasteiger partial charge in [0.2, 0.25) is 5.76 Å². The van der Waals surface area contributed by atoms with Crippen molar-refractivity contribution < 1.29 is 18.8 Å². The summed E-state index contributed by atoms with van der Waals surface area (Å²) in [5.41, 5.74) is 1.44. The number of carbonyl (C=O) groups is 1. The summed E-state index contributed by atoms with van der Waals surface area (Å²) in [6, 6.07) is 9.09. The number of benzene rings is 1. The summed E-state index contributed by atoms with van der Waals surface area (Å²) in [4.78, 5) is 14.4. The number of ether oxygens (including phenoxy) is 2. The average molecular weight is 331 g/mol. The molecule has 2 aromatic rings. The van der Waals surface area contributed by atoms with E-state index in [1.807, 2.05) is 24.3 Å². The Bertz CT molecular complexity index is 680. The highest BCUT2D eigenvalue weighted by molar-refractivity contribution is 5.92. The number of morpholine rings is 1. The quantitative estimate of drug-likeness (QED) is 0.862. The summed E-state index contributed by atoms with van der Waals surface area (Å²) in [5, 5.41) is 6.82. The first kappa shape index (κ1) is 16.5. The molecule has 0 atom stereocenters. The van der Waals surface area contributed by atoms with Gasteiger partial charge in [-0.2, -0.15) is 0 Å². The number of aromatic nitrogens is 1. The maximum atomic E-state index is 12.1. The van der Waals surface area contributed by atoms with Gasteiger partial charge in [-0.05, 0) is 12.1 Å². The molecular formula is C17H21N3O4. The molecule has 1 aliphatic rings. The molecule has 2 heterocycles. The van der Waals surface area contributed by atoms with Crippen molar-refractivity contribution in [3.63, 3.8) is 0 Å². The maximum absolute atomic E-state index is 12.1. The molecule has 1 aliphatic heterocycles. The summed E-state index contributed by atoms with van der Waals surface area (Å²) >= 11 is 0. The minimum atomic E-state index is -0.259. The zero-order valence-corrected chi connectivity index (χ0v) is 13.7. The zero-order valence-electron chi connectivity index (χ0n) is 13.7. The van der Waals surface area contributed by atoms with Gasteiger partial charge in [0.15, 0.2) is 0 Å². The van der Waals surface area contributed by atoms with Crippen LogP contribution in [0, 0.1) is 0 Å². The average Bonchev–Trinajstić information content (AvgIpc) is 3.13. The Morgan fingerprint density at radius 2 is 2.17 bits per heavy atom. The van der Waals surface area contributed by atoms with Crippen molar-refractivity contribution in [3.8, 4) is 17.0 Å². The van der Waals surface area contributed by atoms with Gasteiger partial charge in [-0.3, -0.25) is 9.69 Å². The largest absolute Gasteiger partial charge is 0.497 e. The lowest BCUT2D eigenvalue weighted by molar-refractivity contribution is 0.0382. The lowest BCUT2D eigenvalue weighted by Gasteiger charge is -2.26. The molecule has 0 spiro atoms. The van der Waals surface area contributed by atoms with Crippen LogP contribution >= 0.6 is 0 Å². The SMILES string of the molecule is COc1cccc(-c2cc(C(=O)NCCN3CCOCC3)on2)c1. The van der Waals surface area contributed by atoms with Crippen molar-refractivity contribution in [3.05, 3.63) is 36.1 Å². The van der Waals surface area contributed by atoms with Crippen molar-refractivity contribution >= 4 is 5.91 Å². The maximum Gasteiger partial charge on any atom is 0.289 e. The van der Waals surface area contributed by atoms with Gasteiger partial charge in [-0.25, -0.2) is 0 Å². The molecule has 1 fully saturated rings. The Hall–Kier alpha value is -2.38. The molecule has 128 valence electrons. The third-order valence-electron chi connectivity index (χ3n) is 3.92. The molecule has 3 rings (SSSR count). The van der Waals surface area contributed by atoms with Crippen molar-refractivity contribution in [2.45, 2.75) is 0 Å². The molecular weight excluding hydrogens is 310 g/mol. The van der Waals surface area contributed by atoms with E-state index in [0.717, 1.165) is 44.2 Å². The monoisotopic (exact) mass is 331 g/mol. The van der Waals surface area contributed by atoms with Gasteiger partial charge >= 0.3 is 0 Å². The van der Waals surface area contributed by atoms with E-state index in [1.54, 1.807) is 13.2 Å². The highest BCUT2D eigenvalue weighted by Gasteiger charge is 2.15. The second-order valence-corrected chi connectivity index (χ2v) is 5.52. The minimum Gasteiger partial charge on any atom is -0.497 e. The predicted octanol–water partition coefficient (Wildman–Crippen LogP) is 1.41. The van der Waals surface area contributed by atoms with Gasteiger partial charge in [0, 0.05) is 37.8 Å². The zero-order chi connectivity index (χ0) is 16.8. The Balaban J connectivity index is 1.55. The lowest BCUT2D eigenvalue weighted by Crippen LogP contribution is -2.41. The van der Waals surface area contributed by atoms with Crippen LogP contribution in [0.5, 0.6) is 5.75 Å². The van der Waals surface area contributed by atoms with Crippen LogP contribution in [-0.4, -0.2) is 62.5 Å². The number of nitrogens with one attached hydrogen (secondary N) is 1. The van der Waals surface area contributed by atoms with E-state index in [-0.39, 0.29) is 11.7 Å². The molecule has 7 nitrogen and oxygen atoms in total. The third-order valence-corrected chi connectivity index (χ3v) is 3.92. The highest BCUT2D eigenvalue weighted by atomic mass is 16.5. The normalized spacial score (nSPS) is 15.2. The molecule has 24 heavy (non-hydrogen) atoms. The van der Waals surface area contributed by atoms with Gasteiger partial charge in [0.05, 0.1) is 20.3 Å². The molecule has 0 radical (unpaired) electrons. The van der Waals surface area contributed by atoms with Crippen LogP contribution < -0.4 is 10.1 Å². The van der Waals surface area contributed by atoms with Gasteiger partial charge < -0.3 is 19.3 Å². The number of carbonyl (C=O) groups excluding carboxylic acids is 1. The number of rotatable bonds is 6. The van der Waals surface area contributed by atoms with E-state index in [1.165, 1.54) is 0 Å². The van der Waals surface area contributed by atoms with E-state index < -0.39 is 0 Å². The molecule has 7 heteroatoms. The standard InChI is InChI=1S/C17H21N3O4/c1-22-14-4-2-3-13(11-14)15-12-16(24-19-15)17(21)18-5-6-20-7-9-23-10-8-20/h2-4,11-12H,5-10H2,1H3,(H,18,21). The number of amides is 1. The van der Waals surface area contributed by atoms with Crippen molar-refractivity contribution in [2.24, 2.45) is 0 Å². The van der Waals surface area contributed by atoms with Crippen molar-refractivity contribution in [1.82, 2.24) is 15.4 Å². The topological polar surface area (TPSA) is 76.8 Å². The van der Waals surface area contributed by atoms with E-state index in [9.17, 15) is 4.79 Å². The molecule has 1 amide bonds. The number of methoxy groups -OCH3 is 1. The number of nitrogens with zero attached hydrogens (tertiary/aromatic N) is 2. The van der Waals surface area contributed by atoms with Crippen LogP contribution in [0.25, 0.3) is 11.3 Å². The van der Waals surface area contributed by atoms with Crippen LogP contribution in [0.15, 0.2) is 34.9 Å². The highest BCUT2D eigenvalue weighted by Crippen LogP contribution is 2.23. The minimum absolute atomic E-state index is 0.204. The summed E-state index contributed by atoms with van der Waals surface area (Å²) in [7, 11) is 1.61. The fraction of sp³-hybridized carbons (Fsp3) is 0.412. The molecule has 1 N–H and O–H groups in total. The Labute approximate surface area is 140 Å². The van der Waals surface area contributed by atoms with Crippen molar-refractivity contribution in [2.75, 3.05) is 46.5 Å². The van der Waals surface area contributed by atoms with Crippen molar-refractivity contribution in [1.29, 1.82) is 0 Å². The second kappa shape index (κ2) is 7.94. The van der Waals surface area contributed by atoms with E-state index in [2.05, 4.69) is 15.4 Å². The summed E-state index contributed by atoms with van der Waals surface area (Å²) in [6.07, 6.45) is 0. The van der Waals surface area contributed by atoms with Gasteiger partial charge in [-0.1, -0.05) is 17.3 Å². The Kier molecular flexibility index (Phi) is 5.45. The fourth-order valence-corrected chi connectivity index (χ4v) is 2.54. The van der Waals surface area contributed by atoms with Gasteiger partial charge in [0.25, 0.3) is 5.91 Å². The summed E-state index contributed by atoms with van der Waals surface area (Å²) in [5.74, 6) is 0.673. The molecule has 0 unspecified atom stereocenters. The van der Waals surface area contributed by atoms with Crippen LogP contribution in [0.1, 0.15) is 10.6 Å². The molecule has 0 saturated carbocycles. The summed E-state index contributed by atoms with van der Waals surface area (Å²) < 4.78 is 15.6. The summed E-state index contributed by atoms with van der Waals surface area (Å²) in [6.45, 7) is 4.66. The Morgan fingerprint density at radius 1 is 1.33 bits per heavy atom. The van der Waals surface area contributed by atoms with Gasteiger partial charge in [-0.15, -0.1) is 0 Å². The second-order valence-electron chi connectivity index (χ2n) is 5.52. The van der Waals surface area contributed by atoms with E-state index in [0.29, 0.717) is 12.2 Å². The van der Waals surface area contributed by atoms with Gasteiger partial charge in [0.1, 0.15) is 11.4 Å². The van der Waals surface area contributed by atoms with E-state index in [4.69, 9.17) is 14.0 Å². The van der Waals surface area contributed by atoms with Crippen LogP contribution in [-0.2, 0) is 4.74 Å². The Morgan fingerprint density at radius 3 is 2.96 bits per heavy atom. The molecule has 0 bridgehead atoms. The molecule has 1 saturated heterocycles. The first-order valence-electron chi connectivity index (χ1n) is 7.96. The van der Waals surface area contributed by atoms with Crippen LogP contribution in [0.4, 0.5) is 0 Å². The number of hydrogen-bond acceptors (Lipinski definition) is 6. The van der Waals surface area contributed by atoms with E-state index >= 15 is 0 Å². The third kappa shape index (κ3) is 4.12. The lowest BCUT2D eigenvalue weighted by atomic mass is 10.1. The smallest absolute Gasteiger partial charge is 0.289 e. The fourth-order valence-electron chi connectivity index (χ4n) is 2.54. The number of hydrogen-bond donors (Lipinski definition) is 1. The first-order valence-corrected chi connectivity index (χ1v) is 7.96. The van der Waals surface area contributed by atoms with Crippen LogP contribution in [0.2, 0.25) is 0 Å². The molecule has 1 aromatic carbocycles.